The van der Waals surface area contributed by atoms with Gasteiger partial charge < -0.3 is 14.2 Å². The highest BCUT2D eigenvalue weighted by molar-refractivity contribution is 6.10. The van der Waals surface area contributed by atoms with E-state index in [4.69, 9.17) is 14.2 Å². The van der Waals surface area contributed by atoms with Gasteiger partial charge in [0.1, 0.15) is 11.7 Å². The summed E-state index contributed by atoms with van der Waals surface area (Å²) in [7, 11) is 3.04. The largest absolute Gasteiger partial charge is 0.493 e. The zero-order valence-corrected chi connectivity index (χ0v) is 16.6. The maximum absolute atomic E-state index is 13.3. The van der Waals surface area contributed by atoms with Crippen LogP contribution in [0.3, 0.4) is 0 Å². The molecule has 0 fully saturated rings. The third-order valence-electron chi connectivity index (χ3n) is 5.05. The summed E-state index contributed by atoms with van der Waals surface area (Å²) < 4.78 is 29.4. The summed E-state index contributed by atoms with van der Waals surface area (Å²) in [5.74, 6) is -1.77. The van der Waals surface area contributed by atoms with Crippen molar-refractivity contribution in [2.75, 3.05) is 20.8 Å². The molecule has 0 aliphatic heterocycles. The molecule has 0 amide bonds. The molecule has 0 bridgehead atoms. The number of ether oxygens (including phenoxy) is 3. The van der Waals surface area contributed by atoms with E-state index in [0.29, 0.717) is 23.5 Å². The van der Waals surface area contributed by atoms with Gasteiger partial charge in [-0.15, -0.1) is 0 Å². The highest BCUT2D eigenvalue weighted by Crippen LogP contribution is 2.45. The second-order valence-electron chi connectivity index (χ2n) is 6.70. The second kappa shape index (κ2) is 8.90. The van der Waals surface area contributed by atoms with E-state index >= 15 is 0 Å². The normalized spacial score (nSPS) is 18.8. The first-order chi connectivity index (χ1) is 14.0. The number of ketones is 1. The van der Waals surface area contributed by atoms with E-state index in [9.17, 15) is 14.0 Å². The number of halogens is 1. The molecule has 0 N–H and O–H groups in total. The van der Waals surface area contributed by atoms with Gasteiger partial charge in [-0.3, -0.25) is 9.59 Å². The zero-order valence-electron chi connectivity index (χ0n) is 16.6. The molecule has 0 saturated carbocycles. The van der Waals surface area contributed by atoms with Crippen molar-refractivity contribution in [1.29, 1.82) is 0 Å². The minimum Gasteiger partial charge on any atom is -0.493 e. The molecule has 0 aromatic heterocycles. The molecule has 6 heteroatoms. The maximum Gasteiger partial charge on any atom is 0.317 e. The number of hydrogen-bond donors (Lipinski definition) is 0. The van der Waals surface area contributed by atoms with Crippen LogP contribution in [0.1, 0.15) is 30.4 Å². The third-order valence-corrected chi connectivity index (χ3v) is 5.05. The quantitative estimate of drug-likeness (QED) is 0.540. The Kier molecular flexibility index (Phi) is 6.32. The number of benzene rings is 2. The summed E-state index contributed by atoms with van der Waals surface area (Å²) in [6.07, 6.45) is 1.85. The van der Waals surface area contributed by atoms with Crippen molar-refractivity contribution < 1.29 is 28.2 Å². The van der Waals surface area contributed by atoms with E-state index in [2.05, 4.69) is 0 Å². The molecule has 2 aromatic carbocycles. The number of rotatable bonds is 6. The van der Waals surface area contributed by atoms with Gasteiger partial charge in [0.05, 0.1) is 20.8 Å². The molecule has 0 spiro atoms. The van der Waals surface area contributed by atoms with Gasteiger partial charge in [-0.05, 0) is 48.8 Å². The fourth-order valence-electron chi connectivity index (χ4n) is 3.74. The van der Waals surface area contributed by atoms with Gasteiger partial charge in [0.2, 0.25) is 0 Å². The van der Waals surface area contributed by atoms with Gasteiger partial charge in [0.15, 0.2) is 17.3 Å². The standard InChI is InChI=1S/C23H23FO5/c1-4-29-23(26)21-18(17-6-5-7-20(27-2)22(17)28-3)12-15(13-19(21)25)14-8-10-16(24)11-9-14/h5-11,13,18,21H,4,12H2,1-3H3/t18-,21-/m1/s1. The molecule has 3 rings (SSSR count). The van der Waals surface area contributed by atoms with Crippen LogP contribution in [-0.2, 0) is 14.3 Å². The highest BCUT2D eigenvalue weighted by Gasteiger charge is 2.41. The summed E-state index contributed by atoms with van der Waals surface area (Å²) in [4.78, 5) is 25.6. The monoisotopic (exact) mass is 398 g/mol. The lowest BCUT2D eigenvalue weighted by Gasteiger charge is -2.30. The van der Waals surface area contributed by atoms with Crippen LogP contribution in [0.5, 0.6) is 11.5 Å². The Morgan fingerprint density at radius 3 is 2.45 bits per heavy atom. The van der Waals surface area contributed by atoms with Gasteiger partial charge in [0.25, 0.3) is 0 Å². The molecule has 0 saturated heterocycles. The zero-order chi connectivity index (χ0) is 21.0. The Morgan fingerprint density at radius 2 is 1.83 bits per heavy atom. The van der Waals surface area contributed by atoms with E-state index in [-0.39, 0.29) is 18.2 Å². The van der Waals surface area contributed by atoms with Crippen LogP contribution >= 0.6 is 0 Å². The van der Waals surface area contributed by atoms with Crippen LogP contribution in [0, 0.1) is 11.7 Å². The Balaban J connectivity index is 2.10. The summed E-state index contributed by atoms with van der Waals surface area (Å²) in [6, 6.07) is 11.3. The van der Waals surface area contributed by atoms with Gasteiger partial charge in [-0.1, -0.05) is 24.3 Å². The first-order valence-corrected chi connectivity index (χ1v) is 9.38. The van der Waals surface area contributed by atoms with E-state index in [1.807, 2.05) is 6.07 Å². The molecule has 1 aliphatic carbocycles. The fourth-order valence-corrected chi connectivity index (χ4v) is 3.74. The minimum absolute atomic E-state index is 0.180. The van der Waals surface area contributed by atoms with Crippen LogP contribution in [0.4, 0.5) is 4.39 Å². The average molecular weight is 398 g/mol. The lowest BCUT2D eigenvalue weighted by Crippen LogP contribution is -2.34. The van der Waals surface area contributed by atoms with Crippen LogP contribution in [0.25, 0.3) is 5.57 Å². The first-order valence-electron chi connectivity index (χ1n) is 9.38. The Bertz CT molecular complexity index is 933. The molecule has 0 unspecified atom stereocenters. The van der Waals surface area contributed by atoms with E-state index in [0.717, 1.165) is 11.1 Å². The third kappa shape index (κ3) is 4.16. The Hall–Kier alpha value is -3.15. The summed E-state index contributed by atoms with van der Waals surface area (Å²) in [5.41, 5.74) is 2.14. The molecular weight excluding hydrogens is 375 g/mol. The topological polar surface area (TPSA) is 61.8 Å². The smallest absolute Gasteiger partial charge is 0.317 e. The van der Waals surface area contributed by atoms with E-state index in [1.54, 1.807) is 31.2 Å². The van der Waals surface area contributed by atoms with Crippen molar-refractivity contribution in [2.45, 2.75) is 19.3 Å². The molecule has 2 aromatic rings. The van der Waals surface area contributed by atoms with Crippen LogP contribution < -0.4 is 9.47 Å². The molecule has 29 heavy (non-hydrogen) atoms. The molecular formula is C23H23FO5. The second-order valence-corrected chi connectivity index (χ2v) is 6.70. The Morgan fingerprint density at radius 1 is 1.10 bits per heavy atom. The highest BCUT2D eigenvalue weighted by atomic mass is 19.1. The Labute approximate surface area is 169 Å². The number of methoxy groups -OCH3 is 2. The van der Waals surface area contributed by atoms with Crippen molar-refractivity contribution in [3.05, 3.63) is 65.5 Å². The van der Waals surface area contributed by atoms with Crippen molar-refractivity contribution in [1.82, 2.24) is 0 Å². The van der Waals surface area contributed by atoms with Crippen molar-refractivity contribution in [3.63, 3.8) is 0 Å². The molecule has 0 heterocycles. The average Bonchev–Trinajstić information content (AvgIpc) is 2.73. The van der Waals surface area contributed by atoms with Crippen LogP contribution in [-0.4, -0.2) is 32.6 Å². The van der Waals surface area contributed by atoms with Crippen LogP contribution in [0.15, 0.2) is 48.5 Å². The number of carbonyl (C=O) groups excluding carboxylic acids is 2. The van der Waals surface area contributed by atoms with Crippen molar-refractivity contribution in [2.24, 2.45) is 5.92 Å². The van der Waals surface area contributed by atoms with Crippen molar-refractivity contribution >= 4 is 17.3 Å². The predicted octanol–water partition coefficient (Wildman–Crippen LogP) is 4.16. The number of esters is 1. The first kappa shape index (κ1) is 20.6. The molecule has 5 nitrogen and oxygen atoms in total. The van der Waals surface area contributed by atoms with Gasteiger partial charge in [-0.2, -0.15) is 0 Å². The lowest BCUT2D eigenvalue weighted by atomic mass is 9.73. The van der Waals surface area contributed by atoms with E-state index < -0.39 is 17.8 Å². The van der Waals surface area contributed by atoms with Crippen molar-refractivity contribution in [3.8, 4) is 11.5 Å². The summed E-state index contributed by atoms with van der Waals surface area (Å²) >= 11 is 0. The summed E-state index contributed by atoms with van der Waals surface area (Å²) in [5, 5.41) is 0. The van der Waals surface area contributed by atoms with Gasteiger partial charge >= 0.3 is 5.97 Å². The minimum atomic E-state index is -0.986. The van der Waals surface area contributed by atoms with Crippen LogP contribution in [0.2, 0.25) is 0 Å². The molecule has 1 aliphatic rings. The molecule has 2 atom stereocenters. The fraction of sp³-hybridized carbons (Fsp3) is 0.304. The predicted molar refractivity (Wildman–Crippen MR) is 106 cm³/mol. The molecule has 0 radical (unpaired) electrons. The number of para-hydroxylation sites is 1. The number of carbonyl (C=O) groups is 2. The summed E-state index contributed by atoms with van der Waals surface area (Å²) in [6.45, 7) is 1.88. The number of hydrogen-bond acceptors (Lipinski definition) is 5. The number of allylic oxidation sites excluding steroid dienone is 2. The van der Waals surface area contributed by atoms with Gasteiger partial charge in [0, 0.05) is 11.5 Å². The van der Waals surface area contributed by atoms with E-state index in [1.165, 1.54) is 32.4 Å². The maximum atomic E-state index is 13.3. The SMILES string of the molecule is CCOC(=O)[C@H]1C(=O)C=C(c2ccc(F)cc2)C[C@@H]1c1cccc(OC)c1OC. The van der Waals surface area contributed by atoms with Gasteiger partial charge in [-0.25, -0.2) is 4.39 Å². The lowest BCUT2D eigenvalue weighted by molar-refractivity contribution is -0.151. The molecule has 152 valence electrons.